The van der Waals surface area contributed by atoms with Gasteiger partial charge in [0.15, 0.2) is 0 Å². The highest BCUT2D eigenvalue weighted by Crippen LogP contribution is 2.11. The van der Waals surface area contributed by atoms with Crippen molar-refractivity contribution >= 4 is 27.3 Å². The fourth-order valence-corrected chi connectivity index (χ4v) is 2.79. The van der Waals surface area contributed by atoms with E-state index in [4.69, 9.17) is 4.74 Å². The lowest BCUT2D eigenvalue weighted by Gasteiger charge is -2.03. The summed E-state index contributed by atoms with van der Waals surface area (Å²) in [5.41, 5.74) is 0. The standard InChI is InChI=1S/C14H23BrOS/c15-10-6-4-2-1-3-5-7-11-16-13-14-9-8-12-17-14/h8-9,12H,1-7,10-11,13H2. The molecule has 1 aromatic rings. The van der Waals surface area contributed by atoms with E-state index < -0.39 is 0 Å². The van der Waals surface area contributed by atoms with Crippen molar-refractivity contribution in [2.24, 2.45) is 0 Å². The number of rotatable bonds is 11. The molecule has 0 radical (unpaired) electrons. The van der Waals surface area contributed by atoms with E-state index in [9.17, 15) is 0 Å². The number of halogens is 1. The molecule has 1 aromatic heterocycles. The summed E-state index contributed by atoms with van der Waals surface area (Å²) >= 11 is 5.23. The summed E-state index contributed by atoms with van der Waals surface area (Å²) in [6.45, 7) is 1.71. The molecule has 3 heteroatoms. The molecule has 0 atom stereocenters. The molecule has 0 aliphatic heterocycles. The third-order valence-corrected chi connectivity index (χ3v) is 4.16. The van der Waals surface area contributed by atoms with Crippen LogP contribution in [0.25, 0.3) is 0 Å². The van der Waals surface area contributed by atoms with Gasteiger partial charge in [-0.3, -0.25) is 0 Å². The van der Waals surface area contributed by atoms with Crippen molar-refractivity contribution in [2.45, 2.75) is 51.6 Å². The topological polar surface area (TPSA) is 9.23 Å². The van der Waals surface area contributed by atoms with Crippen LogP contribution in [0.2, 0.25) is 0 Å². The van der Waals surface area contributed by atoms with Crippen LogP contribution in [0.15, 0.2) is 17.5 Å². The molecule has 0 aliphatic rings. The van der Waals surface area contributed by atoms with Gasteiger partial charge in [-0.25, -0.2) is 0 Å². The Hall–Kier alpha value is 0.140. The fraction of sp³-hybridized carbons (Fsp3) is 0.714. The number of hydrogen-bond acceptors (Lipinski definition) is 2. The van der Waals surface area contributed by atoms with Gasteiger partial charge in [0.05, 0.1) is 6.61 Å². The quantitative estimate of drug-likeness (QED) is 0.392. The highest BCUT2D eigenvalue weighted by atomic mass is 79.9. The molecule has 0 fully saturated rings. The van der Waals surface area contributed by atoms with Gasteiger partial charge in [0.25, 0.3) is 0 Å². The van der Waals surface area contributed by atoms with Crippen molar-refractivity contribution < 1.29 is 4.74 Å². The molecule has 0 spiro atoms. The van der Waals surface area contributed by atoms with Gasteiger partial charge in [0, 0.05) is 16.8 Å². The molecule has 0 unspecified atom stereocenters. The number of hydrogen-bond donors (Lipinski definition) is 0. The summed E-state index contributed by atoms with van der Waals surface area (Å²) < 4.78 is 5.63. The summed E-state index contributed by atoms with van der Waals surface area (Å²) in [5.74, 6) is 0. The second kappa shape index (κ2) is 11.2. The van der Waals surface area contributed by atoms with Crippen LogP contribution in [-0.2, 0) is 11.3 Å². The maximum Gasteiger partial charge on any atom is 0.0809 e. The molecule has 98 valence electrons. The van der Waals surface area contributed by atoms with E-state index in [-0.39, 0.29) is 0 Å². The molecule has 0 bridgehead atoms. The first kappa shape index (κ1) is 15.2. The lowest BCUT2D eigenvalue weighted by atomic mass is 10.1. The minimum absolute atomic E-state index is 0.795. The van der Waals surface area contributed by atoms with Gasteiger partial charge in [0.1, 0.15) is 0 Å². The van der Waals surface area contributed by atoms with E-state index in [2.05, 4.69) is 33.4 Å². The third kappa shape index (κ3) is 8.81. The summed E-state index contributed by atoms with van der Waals surface area (Å²) in [6, 6.07) is 4.21. The minimum atomic E-state index is 0.795. The first-order chi connectivity index (χ1) is 8.43. The Kier molecular flexibility index (Phi) is 10.1. The number of thiophene rings is 1. The Morgan fingerprint density at radius 2 is 1.71 bits per heavy atom. The van der Waals surface area contributed by atoms with Gasteiger partial charge in [0.2, 0.25) is 0 Å². The van der Waals surface area contributed by atoms with Crippen LogP contribution in [0.4, 0.5) is 0 Å². The molecule has 0 amide bonds. The second-order valence-electron chi connectivity index (χ2n) is 4.30. The van der Waals surface area contributed by atoms with Crippen molar-refractivity contribution in [3.05, 3.63) is 22.4 Å². The van der Waals surface area contributed by atoms with Gasteiger partial charge in [-0.1, -0.05) is 54.1 Å². The second-order valence-corrected chi connectivity index (χ2v) is 6.12. The first-order valence-corrected chi connectivity index (χ1v) is 8.59. The molecule has 0 N–H and O–H groups in total. The van der Waals surface area contributed by atoms with E-state index in [0.717, 1.165) is 18.5 Å². The number of unbranched alkanes of at least 4 members (excludes halogenated alkanes) is 6. The zero-order valence-corrected chi connectivity index (χ0v) is 12.9. The van der Waals surface area contributed by atoms with Crippen molar-refractivity contribution in [1.82, 2.24) is 0 Å². The fourth-order valence-electron chi connectivity index (χ4n) is 1.75. The molecule has 1 rings (SSSR count). The van der Waals surface area contributed by atoms with Crippen LogP contribution in [0, 0.1) is 0 Å². The SMILES string of the molecule is BrCCCCCCCCCOCc1cccs1. The van der Waals surface area contributed by atoms with Gasteiger partial charge in [-0.05, 0) is 24.3 Å². The van der Waals surface area contributed by atoms with Gasteiger partial charge in [-0.15, -0.1) is 11.3 Å². The lowest BCUT2D eigenvalue weighted by molar-refractivity contribution is 0.118. The van der Waals surface area contributed by atoms with Gasteiger partial charge in [-0.2, -0.15) is 0 Å². The number of alkyl halides is 1. The Morgan fingerprint density at radius 1 is 1.00 bits per heavy atom. The first-order valence-electron chi connectivity index (χ1n) is 6.59. The van der Waals surface area contributed by atoms with E-state index >= 15 is 0 Å². The summed E-state index contributed by atoms with van der Waals surface area (Å²) in [6.07, 6.45) is 9.37. The monoisotopic (exact) mass is 318 g/mol. The molecule has 0 aromatic carbocycles. The van der Waals surface area contributed by atoms with Gasteiger partial charge < -0.3 is 4.74 Å². The molecular weight excluding hydrogens is 296 g/mol. The van der Waals surface area contributed by atoms with Crippen molar-refractivity contribution in [3.63, 3.8) is 0 Å². The molecule has 1 nitrogen and oxygen atoms in total. The maximum atomic E-state index is 5.63. The Morgan fingerprint density at radius 3 is 2.35 bits per heavy atom. The lowest BCUT2D eigenvalue weighted by Crippen LogP contribution is -1.93. The molecule has 1 heterocycles. The number of ether oxygens (including phenoxy) is 1. The van der Waals surface area contributed by atoms with Crippen molar-refractivity contribution in [1.29, 1.82) is 0 Å². The Balaban J connectivity index is 1.76. The molecule has 0 saturated carbocycles. The highest BCUT2D eigenvalue weighted by molar-refractivity contribution is 9.09. The van der Waals surface area contributed by atoms with E-state index in [1.165, 1.54) is 49.8 Å². The van der Waals surface area contributed by atoms with Crippen LogP contribution in [0.5, 0.6) is 0 Å². The van der Waals surface area contributed by atoms with Crippen molar-refractivity contribution in [3.8, 4) is 0 Å². The third-order valence-electron chi connectivity index (χ3n) is 2.75. The van der Waals surface area contributed by atoms with Crippen LogP contribution in [-0.4, -0.2) is 11.9 Å². The average Bonchev–Trinajstić information content (AvgIpc) is 2.85. The van der Waals surface area contributed by atoms with E-state index in [0.29, 0.717) is 0 Å². The minimum Gasteiger partial charge on any atom is -0.376 e. The largest absolute Gasteiger partial charge is 0.376 e. The average molecular weight is 319 g/mol. The zero-order chi connectivity index (χ0) is 12.2. The maximum absolute atomic E-state index is 5.63. The molecule has 17 heavy (non-hydrogen) atoms. The summed E-state index contributed by atoms with van der Waals surface area (Å²) in [4.78, 5) is 1.33. The predicted octanol–water partition coefficient (Wildman–Crippen LogP) is 5.39. The van der Waals surface area contributed by atoms with Gasteiger partial charge >= 0.3 is 0 Å². The van der Waals surface area contributed by atoms with Crippen LogP contribution < -0.4 is 0 Å². The summed E-state index contributed by atoms with van der Waals surface area (Å²) in [7, 11) is 0. The molecule has 0 aliphatic carbocycles. The van der Waals surface area contributed by atoms with Crippen molar-refractivity contribution in [2.75, 3.05) is 11.9 Å². The van der Waals surface area contributed by atoms with Crippen LogP contribution in [0.1, 0.15) is 49.8 Å². The van der Waals surface area contributed by atoms with Crippen LogP contribution in [0.3, 0.4) is 0 Å². The predicted molar refractivity (Wildman–Crippen MR) is 80.1 cm³/mol. The van der Waals surface area contributed by atoms with E-state index in [1.54, 1.807) is 11.3 Å². The Bertz CT molecular complexity index is 249. The molecular formula is C14H23BrOS. The molecule has 0 saturated heterocycles. The highest BCUT2D eigenvalue weighted by Gasteiger charge is 1.94. The normalized spacial score (nSPS) is 10.9. The Labute approximate surface area is 118 Å². The van der Waals surface area contributed by atoms with Crippen LogP contribution >= 0.6 is 27.3 Å². The summed E-state index contributed by atoms with van der Waals surface area (Å²) in [5, 5.41) is 3.26. The van der Waals surface area contributed by atoms with E-state index in [1.807, 2.05) is 0 Å². The zero-order valence-electron chi connectivity index (χ0n) is 10.5. The smallest absolute Gasteiger partial charge is 0.0809 e.